The number of carbonyl (C=O) groups is 1. The van der Waals surface area contributed by atoms with Crippen LogP contribution in [0.25, 0.3) is 0 Å². The first-order valence-corrected chi connectivity index (χ1v) is 9.13. The van der Waals surface area contributed by atoms with E-state index in [2.05, 4.69) is 0 Å². The SMILES string of the molecule is CCOC(=O)C1C(c2ccccc2)N1S(=O)(=O)OCC(Cl)(Cl)Cl. The highest BCUT2D eigenvalue weighted by Crippen LogP contribution is 2.47. The summed E-state index contributed by atoms with van der Waals surface area (Å²) in [6.07, 6.45) is 0. The molecule has 0 aromatic heterocycles. The molecule has 6 nitrogen and oxygen atoms in total. The van der Waals surface area contributed by atoms with E-state index in [4.69, 9.17) is 43.7 Å². The summed E-state index contributed by atoms with van der Waals surface area (Å²) in [5.41, 5.74) is 0.645. The average molecular weight is 403 g/mol. The highest BCUT2D eigenvalue weighted by atomic mass is 35.6. The van der Waals surface area contributed by atoms with Crippen molar-refractivity contribution in [3.63, 3.8) is 0 Å². The smallest absolute Gasteiger partial charge is 0.340 e. The molecule has 0 radical (unpaired) electrons. The Morgan fingerprint density at radius 2 is 1.87 bits per heavy atom. The summed E-state index contributed by atoms with van der Waals surface area (Å²) >= 11 is 16.5. The highest BCUT2D eigenvalue weighted by molar-refractivity contribution is 7.84. The maximum absolute atomic E-state index is 12.3. The Bertz CT molecular complexity index is 662. The van der Waals surface area contributed by atoms with Crippen molar-refractivity contribution in [3.8, 4) is 0 Å². The van der Waals surface area contributed by atoms with Gasteiger partial charge in [0, 0.05) is 0 Å². The number of hydrogen-bond donors (Lipinski definition) is 0. The van der Waals surface area contributed by atoms with E-state index >= 15 is 0 Å². The number of halogens is 3. The number of rotatable bonds is 6. The summed E-state index contributed by atoms with van der Waals surface area (Å²) in [5, 5.41) is 0. The number of ether oxygens (including phenoxy) is 1. The average Bonchev–Trinajstić information content (AvgIpc) is 3.22. The van der Waals surface area contributed by atoms with E-state index in [0.717, 1.165) is 4.31 Å². The molecule has 1 aliphatic rings. The zero-order valence-electron chi connectivity index (χ0n) is 12.0. The van der Waals surface area contributed by atoms with Gasteiger partial charge in [0.1, 0.15) is 12.6 Å². The molecule has 1 aromatic carbocycles. The van der Waals surface area contributed by atoms with Crippen LogP contribution < -0.4 is 0 Å². The molecule has 0 bridgehead atoms. The number of nitrogens with zero attached hydrogens (tertiary/aromatic N) is 1. The first-order chi connectivity index (χ1) is 10.7. The molecule has 3 unspecified atom stereocenters. The summed E-state index contributed by atoms with van der Waals surface area (Å²) in [4.78, 5) is 12.0. The molecule has 23 heavy (non-hydrogen) atoms. The molecule has 128 valence electrons. The second-order valence-corrected chi connectivity index (χ2v) is 8.75. The van der Waals surface area contributed by atoms with Gasteiger partial charge in [-0.25, -0.2) is 0 Å². The van der Waals surface area contributed by atoms with E-state index in [-0.39, 0.29) is 6.61 Å². The zero-order chi connectivity index (χ0) is 17.3. The van der Waals surface area contributed by atoms with E-state index in [0.29, 0.717) is 5.56 Å². The molecule has 0 saturated carbocycles. The molecule has 1 fully saturated rings. The summed E-state index contributed by atoms with van der Waals surface area (Å²) in [6.45, 7) is 1.11. The predicted molar refractivity (Wildman–Crippen MR) is 86.6 cm³/mol. The minimum Gasteiger partial charge on any atom is -0.465 e. The summed E-state index contributed by atoms with van der Waals surface area (Å²) in [5.74, 6) is -0.651. The Morgan fingerprint density at radius 3 is 2.39 bits per heavy atom. The topological polar surface area (TPSA) is 72.7 Å². The van der Waals surface area contributed by atoms with E-state index in [1.165, 1.54) is 0 Å². The summed E-state index contributed by atoms with van der Waals surface area (Å²) in [7, 11) is -4.25. The van der Waals surface area contributed by atoms with Crippen LogP contribution in [0.15, 0.2) is 30.3 Å². The molecule has 0 spiro atoms. The van der Waals surface area contributed by atoms with Gasteiger partial charge in [0.15, 0.2) is 0 Å². The fraction of sp³-hybridized carbons (Fsp3) is 0.462. The van der Waals surface area contributed by atoms with Crippen molar-refractivity contribution in [2.24, 2.45) is 0 Å². The van der Waals surface area contributed by atoms with Gasteiger partial charge in [-0.2, -0.15) is 12.7 Å². The molecule has 0 amide bonds. The quantitative estimate of drug-likeness (QED) is 0.415. The minimum atomic E-state index is -4.25. The largest absolute Gasteiger partial charge is 0.465 e. The zero-order valence-corrected chi connectivity index (χ0v) is 15.1. The Kier molecular flexibility index (Phi) is 5.81. The maximum atomic E-state index is 12.3. The molecule has 1 saturated heterocycles. The van der Waals surface area contributed by atoms with Gasteiger partial charge in [0.05, 0.1) is 12.6 Å². The number of carbonyl (C=O) groups excluding carboxylic acids is 1. The third kappa shape index (κ3) is 4.71. The van der Waals surface area contributed by atoms with Crippen LogP contribution in [0, 0.1) is 0 Å². The van der Waals surface area contributed by atoms with E-state index in [1.54, 1.807) is 37.3 Å². The van der Waals surface area contributed by atoms with Crippen LogP contribution in [0.5, 0.6) is 0 Å². The van der Waals surface area contributed by atoms with E-state index < -0.39 is 38.8 Å². The van der Waals surface area contributed by atoms with Crippen molar-refractivity contribution in [2.45, 2.75) is 22.8 Å². The van der Waals surface area contributed by atoms with Crippen LogP contribution in [0.1, 0.15) is 18.5 Å². The number of alkyl halides is 3. The lowest BCUT2D eigenvalue weighted by molar-refractivity contribution is -0.143. The van der Waals surface area contributed by atoms with Gasteiger partial charge >= 0.3 is 16.3 Å². The molecular formula is C13H14Cl3NO5S. The standard InChI is InChI=1S/C13H14Cl3NO5S/c1-2-21-12(18)11-10(9-6-4-3-5-7-9)17(11)23(19,20)22-8-13(14,15)16/h3-7,10-11H,2,8H2,1H3. The lowest BCUT2D eigenvalue weighted by Gasteiger charge is -2.12. The van der Waals surface area contributed by atoms with Crippen LogP contribution in [-0.4, -0.2) is 41.7 Å². The van der Waals surface area contributed by atoms with Crippen molar-refractivity contribution >= 4 is 51.1 Å². The van der Waals surface area contributed by atoms with Crippen LogP contribution in [-0.2, 0) is 24.0 Å². The molecule has 0 N–H and O–H groups in total. The van der Waals surface area contributed by atoms with Gasteiger partial charge in [-0.15, -0.1) is 0 Å². The van der Waals surface area contributed by atoms with Gasteiger partial charge in [-0.05, 0) is 12.5 Å². The van der Waals surface area contributed by atoms with Crippen molar-refractivity contribution < 1.29 is 22.1 Å². The monoisotopic (exact) mass is 401 g/mol. The van der Waals surface area contributed by atoms with Crippen molar-refractivity contribution in [1.82, 2.24) is 4.31 Å². The molecule has 3 atom stereocenters. The minimum absolute atomic E-state index is 0.139. The fourth-order valence-electron chi connectivity index (χ4n) is 2.13. The van der Waals surface area contributed by atoms with Gasteiger partial charge in [0.25, 0.3) is 0 Å². The third-order valence-electron chi connectivity index (χ3n) is 3.06. The van der Waals surface area contributed by atoms with Crippen LogP contribution >= 0.6 is 34.8 Å². The second-order valence-electron chi connectivity index (χ2n) is 4.72. The van der Waals surface area contributed by atoms with E-state index in [1.807, 2.05) is 0 Å². The van der Waals surface area contributed by atoms with Crippen LogP contribution in [0.3, 0.4) is 0 Å². The van der Waals surface area contributed by atoms with Crippen LogP contribution in [0.2, 0.25) is 0 Å². The van der Waals surface area contributed by atoms with Gasteiger partial charge in [0.2, 0.25) is 3.79 Å². The normalized spacial score (nSPS) is 24.3. The highest BCUT2D eigenvalue weighted by Gasteiger charge is 2.62. The Morgan fingerprint density at radius 1 is 1.26 bits per heavy atom. The Balaban J connectivity index is 2.22. The first-order valence-electron chi connectivity index (χ1n) is 6.63. The number of benzene rings is 1. The van der Waals surface area contributed by atoms with Gasteiger partial charge < -0.3 is 4.74 Å². The Hall–Kier alpha value is -0.570. The van der Waals surface area contributed by atoms with Gasteiger partial charge in [-0.3, -0.25) is 8.98 Å². The molecule has 0 aliphatic carbocycles. The molecule has 1 heterocycles. The lowest BCUT2D eigenvalue weighted by atomic mass is 10.1. The summed E-state index contributed by atoms with van der Waals surface area (Å²) < 4.78 is 33.2. The number of hydrogen-bond acceptors (Lipinski definition) is 5. The van der Waals surface area contributed by atoms with Crippen molar-refractivity contribution in [3.05, 3.63) is 35.9 Å². The third-order valence-corrected chi connectivity index (χ3v) is 4.77. The fourth-order valence-corrected chi connectivity index (χ4v) is 3.88. The molecule has 2 rings (SSSR count). The predicted octanol–water partition coefficient (Wildman–Crippen LogP) is 2.61. The van der Waals surface area contributed by atoms with Crippen LogP contribution in [0.4, 0.5) is 0 Å². The first kappa shape index (κ1) is 18.8. The maximum Gasteiger partial charge on any atom is 0.340 e. The number of esters is 1. The molecular weight excluding hydrogens is 389 g/mol. The van der Waals surface area contributed by atoms with Crippen molar-refractivity contribution in [2.75, 3.05) is 13.2 Å². The van der Waals surface area contributed by atoms with E-state index in [9.17, 15) is 13.2 Å². The van der Waals surface area contributed by atoms with Gasteiger partial charge in [-0.1, -0.05) is 65.1 Å². The lowest BCUT2D eigenvalue weighted by Crippen LogP contribution is -2.26. The second kappa shape index (κ2) is 7.13. The summed E-state index contributed by atoms with van der Waals surface area (Å²) in [6, 6.07) is 6.99. The molecule has 10 heteroatoms. The van der Waals surface area contributed by atoms with Crippen molar-refractivity contribution in [1.29, 1.82) is 0 Å². The Labute approximate surface area is 149 Å². The molecule has 1 aromatic rings. The molecule has 1 aliphatic heterocycles.